The third-order valence-corrected chi connectivity index (χ3v) is 5.50. The van der Waals surface area contributed by atoms with Gasteiger partial charge in [-0.25, -0.2) is 13.1 Å². The minimum absolute atomic E-state index is 0.211. The molecule has 0 saturated carbocycles. The van der Waals surface area contributed by atoms with Crippen LogP contribution in [-0.4, -0.2) is 22.0 Å². The average Bonchev–Trinajstić information content (AvgIpc) is 2.98. The Morgan fingerprint density at radius 2 is 2.10 bits per heavy atom. The van der Waals surface area contributed by atoms with Crippen molar-refractivity contribution >= 4 is 32.7 Å². The first-order valence-corrected chi connectivity index (χ1v) is 8.94. The Kier molecular flexibility index (Phi) is 4.87. The van der Waals surface area contributed by atoms with Gasteiger partial charge in [0.25, 0.3) is 0 Å². The minimum atomic E-state index is -3.55. The summed E-state index contributed by atoms with van der Waals surface area (Å²) in [5, 5.41) is 2.01. The Morgan fingerprint density at radius 3 is 2.67 bits per heavy atom. The normalized spacial score (nSPS) is 11.5. The summed E-state index contributed by atoms with van der Waals surface area (Å²) in [5.41, 5.74) is 6.84. The zero-order valence-corrected chi connectivity index (χ0v) is 13.7. The zero-order valence-electron chi connectivity index (χ0n) is 12.0. The summed E-state index contributed by atoms with van der Waals surface area (Å²) in [4.78, 5) is 3.42. The Morgan fingerprint density at radius 1 is 1.33 bits per heavy atom. The summed E-state index contributed by atoms with van der Waals surface area (Å²) >= 11 is 1.65. The van der Waals surface area contributed by atoms with Gasteiger partial charge in [0, 0.05) is 17.1 Å². The molecule has 0 atom stereocenters. The number of anilines is 2. The second-order valence-electron chi connectivity index (χ2n) is 4.53. The van der Waals surface area contributed by atoms with Crippen LogP contribution in [0.4, 0.5) is 11.4 Å². The molecule has 114 valence electrons. The number of sulfonamides is 1. The lowest BCUT2D eigenvalue weighted by Gasteiger charge is -2.25. The number of nitrogen functional groups attached to an aromatic ring is 1. The van der Waals surface area contributed by atoms with E-state index in [1.165, 1.54) is 18.0 Å². The van der Waals surface area contributed by atoms with Gasteiger partial charge in [0.05, 0.1) is 12.2 Å². The van der Waals surface area contributed by atoms with Crippen molar-refractivity contribution in [2.24, 2.45) is 0 Å². The monoisotopic (exact) mass is 325 g/mol. The van der Waals surface area contributed by atoms with E-state index in [0.717, 1.165) is 0 Å². The highest BCUT2D eigenvalue weighted by molar-refractivity contribution is 7.89. The number of hydrogen-bond donors (Lipinski definition) is 2. The van der Waals surface area contributed by atoms with Gasteiger partial charge in [0.1, 0.15) is 4.90 Å². The van der Waals surface area contributed by atoms with Gasteiger partial charge in [-0.15, -0.1) is 11.3 Å². The number of nitrogens with one attached hydrogen (secondary N) is 1. The number of benzene rings is 1. The largest absolute Gasteiger partial charge is 0.399 e. The molecule has 5 nitrogen and oxygen atoms in total. The summed E-state index contributed by atoms with van der Waals surface area (Å²) < 4.78 is 26.8. The van der Waals surface area contributed by atoms with Crippen LogP contribution >= 0.6 is 11.3 Å². The molecular formula is C14H19N3O2S2. The van der Waals surface area contributed by atoms with Gasteiger partial charge in [-0.2, -0.15) is 0 Å². The van der Waals surface area contributed by atoms with E-state index in [1.807, 2.05) is 29.3 Å². The molecule has 2 aromatic rings. The molecule has 21 heavy (non-hydrogen) atoms. The molecule has 0 aliphatic rings. The van der Waals surface area contributed by atoms with Crippen LogP contribution in [0.2, 0.25) is 0 Å². The molecule has 0 fully saturated rings. The Bertz CT molecular complexity index is 697. The highest BCUT2D eigenvalue weighted by Gasteiger charge is 2.20. The average molecular weight is 325 g/mol. The summed E-state index contributed by atoms with van der Waals surface area (Å²) in [6.07, 6.45) is 0. The van der Waals surface area contributed by atoms with E-state index < -0.39 is 10.0 Å². The fourth-order valence-corrected chi connectivity index (χ4v) is 3.78. The second-order valence-corrected chi connectivity index (χ2v) is 7.42. The molecular weight excluding hydrogens is 306 g/mol. The third kappa shape index (κ3) is 3.55. The Labute approximate surface area is 129 Å². The molecule has 1 aromatic heterocycles. The van der Waals surface area contributed by atoms with Crippen LogP contribution in [0.15, 0.2) is 40.6 Å². The quantitative estimate of drug-likeness (QED) is 0.799. The number of nitrogens with two attached hydrogens (primary N) is 1. The molecule has 2 rings (SSSR count). The van der Waals surface area contributed by atoms with E-state index in [4.69, 9.17) is 5.73 Å². The number of hydrogen-bond acceptors (Lipinski definition) is 5. The second kappa shape index (κ2) is 6.46. The van der Waals surface area contributed by atoms with Gasteiger partial charge in [-0.3, -0.25) is 0 Å². The lowest BCUT2D eigenvalue weighted by molar-refractivity contribution is 0.588. The van der Waals surface area contributed by atoms with E-state index in [-0.39, 0.29) is 4.90 Å². The molecule has 0 aliphatic heterocycles. The Hall–Kier alpha value is -1.57. The van der Waals surface area contributed by atoms with E-state index in [2.05, 4.69) is 4.72 Å². The molecule has 0 radical (unpaired) electrons. The van der Waals surface area contributed by atoms with Crippen LogP contribution in [0.3, 0.4) is 0 Å². The van der Waals surface area contributed by atoms with Crippen LogP contribution in [0.25, 0.3) is 0 Å². The maximum atomic E-state index is 12.2. The van der Waals surface area contributed by atoms with Crippen LogP contribution < -0.4 is 15.4 Å². The molecule has 7 heteroatoms. The lowest BCUT2D eigenvalue weighted by Crippen LogP contribution is -2.26. The van der Waals surface area contributed by atoms with Crippen LogP contribution in [0.5, 0.6) is 0 Å². The molecule has 1 aromatic carbocycles. The molecule has 3 N–H and O–H groups in total. The van der Waals surface area contributed by atoms with Crippen molar-refractivity contribution in [3.63, 3.8) is 0 Å². The highest BCUT2D eigenvalue weighted by Crippen LogP contribution is 2.29. The fourth-order valence-electron chi connectivity index (χ4n) is 2.08. The first-order chi connectivity index (χ1) is 9.97. The summed E-state index contributed by atoms with van der Waals surface area (Å²) in [6.45, 7) is 3.37. The summed E-state index contributed by atoms with van der Waals surface area (Å²) in [7, 11) is -2.15. The van der Waals surface area contributed by atoms with Crippen molar-refractivity contribution in [2.75, 3.05) is 24.2 Å². The van der Waals surface area contributed by atoms with Gasteiger partial charge in [-0.05, 0) is 43.6 Å². The predicted molar refractivity (Wildman–Crippen MR) is 88.1 cm³/mol. The molecule has 1 heterocycles. The van der Waals surface area contributed by atoms with Crippen LogP contribution in [0.1, 0.15) is 11.8 Å². The van der Waals surface area contributed by atoms with Crippen molar-refractivity contribution in [3.05, 3.63) is 40.6 Å². The topological polar surface area (TPSA) is 75.4 Å². The maximum absolute atomic E-state index is 12.2. The first kappa shape index (κ1) is 15.8. The van der Waals surface area contributed by atoms with Crippen LogP contribution in [0, 0.1) is 0 Å². The fraction of sp³-hybridized carbons (Fsp3) is 0.286. The van der Waals surface area contributed by atoms with E-state index >= 15 is 0 Å². The molecule has 0 bridgehead atoms. The molecule has 0 aliphatic carbocycles. The van der Waals surface area contributed by atoms with E-state index in [1.54, 1.807) is 23.5 Å². The maximum Gasteiger partial charge on any atom is 0.242 e. The standard InChI is InChI=1S/C14H19N3O2S2/c1-3-17(10-12-5-4-8-20-12)13-7-6-11(15)9-14(13)21(18,19)16-2/h4-9,16H,3,10,15H2,1-2H3. The first-order valence-electron chi connectivity index (χ1n) is 6.58. The number of thiophene rings is 1. The lowest BCUT2D eigenvalue weighted by atomic mass is 10.2. The molecule has 0 amide bonds. The van der Waals surface area contributed by atoms with Crippen molar-refractivity contribution in [2.45, 2.75) is 18.4 Å². The van der Waals surface area contributed by atoms with Crippen LogP contribution in [-0.2, 0) is 16.6 Å². The van der Waals surface area contributed by atoms with E-state index in [0.29, 0.717) is 24.5 Å². The van der Waals surface area contributed by atoms with Gasteiger partial charge in [-0.1, -0.05) is 6.07 Å². The van der Waals surface area contributed by atoms with Crippen molar-refractivity contribution in [1.29, 1.82) is 0 Å². The Balaban J connectivity index is 2.46. The molecule has 0 saturated heterocycles. The minimum Gasteiger partial charge on any atom is -0.399 e. The number of rotatable bonds is 6. The van der Waals surface area contributed by atoms with Crippen molar-refractivity contribution < 1.29 is 8.42 Å². The van der Waals surface area contributed by atoms with Gasteiger partial charge in [0.15, 0.2) is 0 Å². The molecule has 0 unspecified atom stereocenters. The van der Waals surface area contributed by atoms with Gasteiger partial charge in [0.2, 0.25) is 10.0 Å². The van der Waals surface area contributed by atoms with Gasteiger partial charge >= 0.3 is 0 Å². The third-order valence-electron chi connectivity index (χ3n) is 3.19. The van der Waals surface area contributed by atoms with Crippen molar-refractivity contribution in [3.8, 4) is 0 Å². The number of nitrogens with zero attached hydrogens (tertiary/aromatic N) is 1. The summed E-state index contributed by atoms with van der Waals surface area (Å²) in [6, 6.07) is 9.01. The van der Waals surface area contributed by atoms with E-state index in [9.17, 15) is 8.42 Å². The van der Waals surface area contributed by atoms with Gasteiger partial charge < -0.3 is 10.6 Å². The molecule has 0 spiro atoms. The SMILES string of the molecule is CCN(Cc1cccs1)c1ccc(N)cc1S(=O)(=O)NC. The zero-order chi connectivity index (χ0) is 15.5. The smallest absolute Gasteiger partial charge is 0.242 e. The summed E-state index contributed by atoms with van der Waals surface area (Å²) in [5.74, 6) is 0. The predicted octanol–water partition coefficient (Wildman–Crippen LogP) is 2.26. The van der Waals surface area contributed by atoms with Crippen molar-refractivity contribution in [1.82, 2.24) is 4.72 Å². The highest BCUT2D eigenvalue weighted by atomic mass is 32.2.